The van der Waals surface area contributed by atoms with Gasteiger partial charge in [0.1, 0.15) is 0 Å². The quantitative estimate of drug-likeness (QED) is 0.221. The molecule has 0 fully saturated rings. The standard InChI is InChI=1S/C38H32N2O4/c1-21-15-25(35-29(17-21)33(37(41)42)27-7-3-5-9-31(27)39-35)19-23-11-13-24(14-12-23)20-26-16-22(2)18-30-34(38(43)44)28-8-4-6-10-32(28)40-36(26)30/h3-14,19-22H,15-18H2,1-2H3,(H,41,42)(H,43,44). The highest BCUT2D eigenvalue weighted by Gasteiger charge is 2.29. The number of pyridine rings is 2. The first-order valence-corrected chi connectivity index (χ1v) is 15.1. The third kappa shape index (κ3) is 4.86. The second kappa shape index (κ2) is 10.9. The van der Waals surface area contributed by atoms with E-state index in [1.807, 2.05) is 48.5 Å². The van der Waals surface area contributed by atoms with Crippen molar-refractivity contribution in [3.63, 3.8) is 0 Å². The molecule has 0 amide bonds. The van der Waals surface area contributed by atoms with Crippen LogP contribution in [0.4, 0.5) is 0 Å². The molecule has 0 spiro atoms. The van der Waals surface area contributed by atoms with Gasteiger partial charge in [-0.2, -0.15) is 0 Å². The van der Waals surface area contributed by atoms with Crippen molar-refractivity contribution in [2.75, 3.05) is 0 Å². The number of carboxylic acids is 2. The van der Waals surface area contributed by atoms with Crippen LogP contribution >= 0.6 is 0 Å². The zero-order valence-electron chi connectivity index (χ0n) is 24.7. The van der Waals surface area contributed by atoms with Gasteiger partial charge in [0.05, 0.1) is 33.5 Å². The molecule has 2 unspecified atom stereocenters. The van der Waals surface area contributed by atoms with Gasteiger partial charge in [-0.1, -0.05) is 74.5 Å². The number of hydrogen-bond donors (Lipinski definition) is 2. The summed E-state index contributed by atoms with van der Waals surface area (Å²) in [4.78, 5) is 34.7. The van der Waals surface area contributed by atoms with E-state index in [1.165, 1.54) is 0 Å². The van der Waals surface area contributed by atoms with Crippen molar-refractivity contribution in [1.29, 1.82) is 0 Å². The Morgan fingerprint density at radius 2 is 1.00 bits per heavy atom. The Bertz CT molecular complexity index is 1910. The maximum atomic E-state index is 12.4. The summed E-state index contributed by atoms with van der Waals surface area (Å²) in [5.74, 6) is -1.23. The van der Waals surface area contributed by atoms with Gasteiger partial charge in [-0.25, -0.2) is 19.6 Å². The number of benzene rings is 3. The average molecular weight is 581 g/mol. The van der Waals surface area contributed by atoms with Crippen molar-refractivity contribution >= 4 is 57.0 Å². The van der Waals surface area contributed by atoms with E-state index >= 15 is 0 Å². The molecule has 0 radical (unpaired) electrons. The topological polar surface area (TPSA) is 100 Å². The summed E-state index contributed by atoms with van der Waals surface area (Å²) in [7, 11) is 0. The fourth-order valence-electron chi connectivity index (χ4n) is 7.05. The first kappa shape index (κ1) is 27.7. The van der Waals surface area contributed by atoms with Crippen LogP contribution in [0.1, 0.15) is 81.0 Å². The highest BCUT2D eigenvalue weighted by molar-refractivity contribution is 6.07. The molecule has 2 N–H and O–H groups in total. The van der Waals surface area contributed by atoms with Crippen molar-refractivity contribution < 1.29 is 19.8 Å². The Morgan fingerprint density at radius 3 is 1.39 bits per heavy atom. The minimum atomic E-state index is -0.915. The van der Waals surface area contributed by atoms with Gasteiger partial charge in [0.15, 0.2) is 0 Å². The molecule has 0 bridgehead atoms. The molecule has 0 saturated carbocycles. The van der Waals surface area contributed by atoms with Crippen molar-refractivity contribution in [3.8, 4) is 0 Å². The normalized spacial score (nSPS) is 19.7. The number of hydrogen-bond acceptors (Lipinski definition) is 4. The van der Waals surface area contributed by atoms with E-state index in [4.69, 9.17) is 9.97 Å². The van der Waals surface area contributed by atoms with Gasteiger partial charge in [0.2, 0.25) is 0 Å². The van der Waals surface area contributed by atoms with Crippen LogP contribution in [-0.4, -0.2) is 32.1 Å². The summed E-state index contributed by atoms with van der Waals surface area (Å²) in [6.07, 6.45) is 7.27. The van der Waals surface area contributed by atoms with Crippen LogP contribution in [0, 0.1) is 11.8 Å². The van der Waals surface area contributed by atoms with Crippen molar-refractivity contribution in [3.05, 3.63) is 118 Å². The molecule has 3 aromatic carbocycles. The van der Waals surface area contributed by atoms with E-state index in [2.05, 4.69) is 50.3 Å². The van der Waals surface area contributed by atoms with Crippen molar-refractivity contribution in [2.24, 2.45) is 11.8 Å². The van der Waals surface area contributed by atoms with E-state index in [9.17, 15) is 19.8 Å². The largest absolute Gasteiger partial charge is 0.478 e. The number of rotatable bonds is 4. The lowest BCUT2D eigenvalue weighted by Crippen LogP contribution is -2.17. The molecule has 0 aliphatic heterocycles. The van der Waals surface area contributed by atoms with Gasteiger partial charge in [-0.3, -0.25) is 0 Å². The average Bonchev–Trinajstić information content (AvgIpc) is 2.99. The molecular weight excluding hydrogens is 548 g/mol. The van der Waals surface area contributed by atoms with Gasteiger partial charge in [0.25, 0.3) is 0 Å². The number of carboxylic acid groups (broad SMARTS) is 2. The zero-order valence-corrected chi connectivity index (χ0v) is 24.7. The second-order valence-electron chi connectivity index (χ2n) is 12.3. The highest BCUT2D eigenvalue weighted by Crippen LogP contribution is 2.40. The molecule has 2 atom stereocenters. The lowest BCUT2D eigenvalue weighted by Gasteiger charge is -2.26. The number of nitrogens with zero attached hydrogens (tertiary/aromatic N) is 2. The Morgan fingerprint density at radius 1 is 0.614 bits per heavy atom. The molecule has 6 heteroatoms. The predicted octanol–water partition coefficient (Wildman–Crippen LogP) is 8.43. The molecule has 6 nitrogen and oxygen atoms in total. The number of aromatic carboxylic acids is 2. The van der Waals surface area contributed by atoms with Gasteiger partial charge in [-0.05, 0) is 95.2 Å². The summed E-state index contributed by atoms with van der Waals surface area (Å²) in [5.41, 5.74) is 9.43. The molecule has 0 saturated heterocycles. The van der Waals surface area contributed by atoms with Crippen LogP contribution in [-0.2, 0) is 12.8 Å². The van der Waals surface area contributed by atoms with Crippen LogP contribution in [0.15, 0.2) is 72.8 Å². The van der Waals surface area contributed by atoms with E-state index in [0.29, 0.717) is 57.6 Å². The summed E-state index contributed by atoms with van der Waals surface area (Å²) in [6.45, 7) is 4.31. The molecule has 44 heavy (non-hydrogen) atoms. The predicted molar refractivity (Wildman–Crippen MR) is 175 cm³/mol. The third-order valence-electron chi connectivity index (χ3n) is 8.88. The summed E-state index contributed by atoms with van der Waals surface area (Å²) in [5, 5.41) is 21.7. The molecule has 7 rings (SSSR count). The maximum absolute atomic E-state index is 12.4. The smallest absolute Gasteiger partial charge is 0.336 e. The Hall–Kier alpha value is -5.10. The van der Waals surface area contributed by atoms with Crippen molar-refractivity contribution in [1.82, 2.24) is 9.97 Å². The van der Waals surface area contributed by atoms with Crippen molar-refractivity contribution in [2.45, 2.75) is 39.5 Å². The highest BCUT2D eigenvalue weighted by atomic mass is 16.4. The van der Waals surface area contributed by atoms with Gasteiger partial charge < -0.3 is 10.2 Å². The monoisotopic (exact) mass is 580 g/mol. The molecule has 2 aliphatic rings. The Kier molecular flexibility index (Phi) is 6.85. The summed E-state index contributed by atoms with van der Waals surface area (Å²) < 4.78 is 0. The fraction of sp³-hybridized carbons (Fsp3) is 0.211. The van der Waals surface area contributed by atoms with Crippen LogP contribution in [0.25, 0.3) is 45.1 Å². The SMILES string of the molecule is CC1CC(=Cc2ccc(C=C3CC(C)Cc4c3nc3ccccc3c4C(=O)O)cc2)c2nc3ccccc3c(C(=O)O)c2C1. The lowest BCUT2D eigenvalue weighted by molar-refractivity contribution is 0.0686. The lowest BCUT2D eigenvalue weighted by atomic mass is 9.80. The molecule has 5 aromatic rings. The zero-order chi connectivity index (χ0) is 30.5. The first-order chi connectivity index (χ1) is 21.3. The third-order valence-corrected chi connectivity index (χ3v) is 8.88. The van der Waals surface area contributed by atoms with Gasteiger partial charge in [-0.15, -0.1) is 0 Å². The molecule has 2 aliphatic carbocycles. The van der Waals surface area contributed by atoms with Crippen LogP contribution in [0.3, 0.4) is 0 Å². The van der Waals surface area contributed by atoms with E-state index in [-0.39, 0.29) is 0 Å². The van der Waals surface area contributed by atoms with Crippen LogP contribution < -0.4 is 0 Å². The van der Waals surface area contributed by atoms with Crippen LogP contribution in [0.5, 0.6) is 0 Å². The molecule has 2 heterocycles. The van der Waals surface area contributed by atoms with Crippen LogP contribution in [0.2, 0.25) is 0 Å². The van der Waals surface area contributed by atoms with E-state index in [0.717, 1.165) is 57.6 Å². The fourth-order valence-corrected chi connectivity index (χ4v) is 7.05. The molecular formula is C38H32N2O4. The molecule has 218 valence electrons. The summed E-state index contributed by atoms with van der Waals surface area (Å²) >= 11 is 0. The number of aromatic nitrogens is 2. The van der Waals surface area contributed by atoms with Gasteiger partial charge in [0, 0.05) is 10.8 Å². The minimum Gasteiger partial charge on any atom is -0.478 e. The molecule has 2 aromatic heterocycles. The van der Waals surface area contributed by atoms with E-state index < -0.39 is 11.9 Å². The Balaban J connectivity index is 1.28. The van der Waals surface area contributed by atoms with Gasteiger partial charge >= 0.3 is 11.9 Å². The minimum absolute atomic E-state index is 0.298. The number of fused-ring (bicyclic) bond motifs is 4. The van der Waals surface area contributed by atoms with E-state index in [1.54, 1.807) is 0 Å². The number of carbonyl (C=O) groups is 2. The number of allylic oxidation sites excluding steroid dienone is 2. The Labute approximate surface area is 255 Å². The first-order valence-electron chi connectivity index (χ1n) is 15.1. The second-order valence-corrected chi connectivity index (χ2v) is 12.3. The maximum Gasteiger partial charge on any atom is 0.336 e. The summed E-state index contributed by atoms with van der Waals surface area (Å²) in [6, 6.07) is 23.2. The number of para-hydroxylation sites is 2.